The third-order valence-corrected chi connectivity index (χ3v) is 5.69. The number of halogens is 3. The normalized spacial score (nSPS) is 24.9. The highest BCUT2D eigenvalue weighted by atomic mass is 19.4. The van der Waals surface area contributed by atoms with Gasteiger partial charge < -0.3 is 24.1 Å². The SMILES string of the molecule is O[C@@H]1OC(C(F)(F)F)[C@H](OCc2ccccc2)C(OCc2ccccc2)C1OCc1ccccc1. The number of ether oxygens (including phenoxy) is 4. The molecule has 3 aromatic rings. The molecule has 1 aliphatic heterocycles. The molecular weight excluding hydrogens is 461 g/mol. The van der Waals surface area contributed by atoms with Crippen molar-refractivity contribution >= 4 is 0 Å². The molecule has 0 radical (unpaired) electrons. The number of benzene rings is 3. The molecule has 0 aliphatic carbocycles. The number of alkyl halides is 3. The van der Waals surface area contributed by atoms with E-state index in [4.69, 9.17) is 18.9 Å². The highest BCUT2D eigenvalue weighted by molar-refractivity contribution is 5.15. The fourth-order valence-corrected chi connectivity index (χ4v) is 3.94. The molecule has 5 nitrogen and oxygen atoms in total. The van der Waals surface area contributed by atoms with Crippen LogP contribution in [0.2, 0.25) is 0 Å². The van der Waals surface area contributed by atoms with Gasteiger partial charge in [0.15, 0.2) is 12.4 Å². The Balaban J connectivity index is 1.59. The van der Waals surface area contributed by atoms with E-state index in [1.54, 1.807) is 42.5 Å². The van der Waals surface area contributed by atoms with Crippen LogP contribution in [0.25, 0.3) is 0 Å². The molecule has 0 amide bonds. The minimum absolute atomic E-state index is 0.0131. The van der Waals surface area contributed by atoms with Crippen LogP contribution in [0, 0.1) is 0 Å². The molecule has 0 bridgehead atoms. The molecule has 1 N–H and O–H groups in total. The molecule has 1 saturated heterocycles. The quantitative estimate of drug-likeness (QED) is 0.458. The van der Waals surface area contributed by atoms with E-state index in [-0.39, 0.29) is 19.8 Å². The molecular formula is C27H27F3O5. The lowest BCUT2D eigenvalue weighted by Crippen LogP contribution is -2.63. The standard InChI is InChI=1S/C27H27F3O5/c28-27(29,30)25-23(33-17-20-12-6-2-7-13-20)22(32-16-19-10-4-1-5-11-19)24(26(31)35-25)34-18-21-14-8-3-9-15-21/h1-15,22-26,31H,16-18H2/t22?,23-,24?,25?,26-/m1/s1. The van der Waals surface area contributed by atoms with E-state index < -0.39 is 36.9 Å². The van der Waals surface area contributed by atoms with Crippen LogP contribution >= 0.6 is 0 Å². The van der Waals surface area contributed by atoms with Gasteiger partial charge >= 0.3 is 6.18 Å². The van der Waals surface area contributed by atoms with Crippen molar-refractivity contribution in [1.29, 1.82) is 0 Å². The van der Waals surface area contributed by atoms with Gasteiger partial charge in [-0.1, -0.05) is 91.0 Å². The Kier molecular flexibility index (Phi) is 8.54. The maximum atomic E-state index is 14.0. The third-order valence-electron chi connectivity index (χ3n) is 5.69. The summed E-state index contributed by atoms with van der Waals surface area (Å²) in [6.07, 6.45) is -13.1. The second-order valence-corrected chi connectivity index (χ2v) is 8.27. The minimum Gasteiger partial charge on any atom is -0.368 e. The molecule has 0 spiro atoms. The Bertz CT molecular complexity index is 1020. The lowest BCUT2D eigenvalue weighted by atomic mass is 9.97. The average Bonchev–Trinajstić information content (AvgIpc) is 2.87. The predicted octanol–water partition coefficient (Wildman–Crippen LogP) is 5.02. The van der Waals surface area contributed by atoms with Crippen molar-refractivity contribution in [3.8, 4) is 0 Å². The fraction of sp³-hybridized carbons (Fsp3) is 0.333. The maximum Gasteiger partial charge on any atom is 0.417 e. The first kappa shape index (κ1) is 25.3. The average molecular weight is 489 g/mol. The molecule has 5 atom stereocenters. The van der Waals surface area contributed by atoms with Gasteiger partial charge in [-0.05, 0) is 16.7 Å². The van der Waals surface area contributed by atoms with E-state index in [9.17, 15) is 18.3 Å². The van der Waals surface area contributed by atoms with Crippen molar-refractivity contribution in [2.24, 2.45) is 0 Å². The van der Waals surface area contributed by atoms with Crippen molar-refractivity contribution in [2.45, 2.75) is 56.7 Å². The number of rotatable bonds is 9. The summed E-state index contributed by atoms with van der Waals surface area (Å²) in [6, 6.07) is 27.0. The van der Waals surface area contributed by atoms with Crippen LogP contribution in [-0.4, -0.2) is 42.0 Å². The van der Waals surface area contributed by atoms with Gasteiger partial charge in [-0.3, -0.25) is 0 Å². The highest BCUT2D eigenvalue weighted by Gasteiger charge is 2.57. The first-order valence-corrected chi connectivity index (χ1v) is 11.3. The third kappa shape index (κ3) is 6.90. The summed E-state index contributed by atoms with van der Waals surface area (Å²) < 4.78 is 64.6. The largest absolute Gasteiger partial charge is 0.417 e. The summed E-state index contributed by atoms with van der Waals surface area (Å²) in [4.78, 5) is 0. The zero-order valence-electron chi connectivity index (χ0n) is 18.9. The zero-order valence-corrected chi connectivity index (χ0v) is 18.9. The summed E-state index contributed by atoms with van der Waals surface area (Å²) in [5.41, 5.74) is 2.25. The zero-order chi connectivity index (χ0) is 24.7. The van der Waals surface area contributed by atoms with Crippen LogP contribution in [0.5, 0.6) is 0 Å². The van der Waals surface area contributed by atoms with Gasteiger partial charge in [0.1, 0.15) is 18.3 Å². The maximum absolute atomic E-state index is 14.0. The fourth-order valence-electron chi connectivity index (χ4n) is 3.94. The van der Waals surface area contributed by atoms with Crippen LogP contribution in [0.15, 0.2) is 91.0 Å². The van der Waals surface area contributed by atoms with E-state index >= 15 is 0 Å². The van der Waals surface area contributed by atoms with E-state index in [0.717, 1.165) is 11.1 Å². The number of hydrogen-bond acceptors (Lipinski definition) is 5. The summed E-state index contributed by atoms with van der Waals surface area (Å²) in [7, 11) is 0. The van der Waals surface area contributed by atoms with Crippen LogP contribution in [0.4, 0.5) is 13.2 Å². The highest BCUT2D eigenvalue weighted by Crippen LogP contribution is 2.37. The first-order chi connectivity index (χ1) is 16.9. The second-order valence-electron chi connectivity index (χ2n) is 8.27. The molecule has 186 valence electrons. The van der Waals surface area contributed by atoms with Gasteiger partial charge in [0, 0.05) is 0 Å². The van der Waals surface area contributed by atoms with Crippen molar-refractivity contribution in [2.75, 3.05) is 0 Å². The summed E-state index contributed by atoms with van der Waals surface area (Å²) in [6.45, 7) is -0.0213. The van der Waals surface area contributed by atoms with Crippen LogP contribution in [0.1, 0.15) is 16.7 Å². The van der Waals surface area contributed by atoms with E-state index in [1.165, 1.54) is 0 Å². The Morgan fingerprint density at radius 2 is 0.971 bits per heavy atom. The molecule has 1 heterocycles. The second kappa shape index (κ2) is 11.8. The van der Waals surface area contributed by atoms with E-state index in [1.807, 2.05) is 48.5 Å². The van der Waals surface area contributed by atoms with E-state index in [2.05, 4.69) is 0 Å². The summed E-state index contributed by atoms with van der Waals surface area (Å²) >= 11 is 0. The van der Waals surface area contributed by atoms with Gasteiger partial charge in [0.25, 0.3) is 0 Å². The minimum atomic E-state index is -4.79. The van der Waals surface area contributed by atoms with Gasteiger partial charge in [-0.25, -0.2) is 0 Å². The van der Waals surface area contributed by atoms with Crippen molar-refractivity contribution in [3.05, 3.63) is 108 Å². The molecule has 1 aliphatic rings. The molecule has 8 heteroatoms. The lowest BCUT2D eigenvalue weighted by molar-refractivity contribution is -0.363. The first-order valence-electron chi connectivity index (χ1n) is 11.3. The van der Waals surface area contributed by atoms with Gasteiger partial charge in [0.05, 0.1) is 19.8 Å². The van der Waals surface area contributed by atoms with Crippen LogP contribution in [0.3, 0.4) is 0 Å². The summed E-state index contributed by atoms with van der Waals surface area (Å²) in [5.74, 6) is 0. The molecule has 0 aromatic heterocycles. The van der Waals surface area contributed by atoms with Gasteiger partial charge in [0.2, 0.25) is 0 Å². The Morgan fingerprint density at radius 3 is 1.37 bits per heavy atom. The molecule has 3 unspecified atom stereocenters. The molecule has 3 aromatic carbocycles. The van der Waals surface area contributed by atoms with Crippen molar-refractivity contribution in [3.63, 3.8) is 0 Å². The summed E-state index contributed by atoms with van der Waals surface area (Å²) in [5, 5.41) is 10.6. The number of aliphatic hydroxyl groups is 1. The molecule has 1 fully saturated rings. The monoisotopic (exact) mass is 488 g/mol. The van der Waals surface area contributed by atoms with Crippen molar-refractivity contribution in [1.82, 2.24) is 0 Å². The molecule has 35 heavy (non-hydrogen) atoms. The Labute approximate surface area is 202 Å². The predicted molar refractivity (Wildman–Crippen MR) is 122 cm³/mol. The topological polar surface area (TPSA) is 57.2 Å². The van der Waals surface area contributed by atoms with Crippen molar-refractivity contribution < 1.29 is 37.2 Å². The molecule has 0 saturated carbocycles. The van der Waals surface area contributed by atoms with E-state index in [0.29, 0.717) is 5.56 Å². The van der Waals surface area contributed by atoms with Crippen LogP contribution in [-0.2, 0) is 38.8 Å². The smallest absolute Gasteiger partial charge is 0.368 e. The van der Waals surface area contributed by atoms with Gasteiger partial charge in [-0.15, -0.1) is 0 Å². The number of aliphatic hydroxyl groups excluding tert-OH is 1. The lowest BCUT2D eigenvalue weighted by Gasteiger charge is -2.44. The Hall–Kier alpha value is -2.75. The van der Waals surface area contributed by atoms with Gasteiger partial charge in [-0.2, -0.15) is 13.2 Å². The molecule has 4 rings (SSSR count). The van der Waals surface area contributed by atoms with Crippen LogP contribution < -0.4 is 0 Å². The number of hydrogen-bond donors (Lipinski definition) is 1. The Morgan fingerprint density at radius 1 is 0.600 bits per heavy atom.